The van der Waals surface area contributed by atoms with Gasteiger partial charge in [0.2, 0.25) is 35.4 Å². The molecule has 0 bridgehead atoms. The van der Waals surface area contributed by atoms with Crippen LogP contribution in [0.2, 0.25) is 0 Å². The van der Waals surface area contributed by atoms with Crippen molar-refractivity contribution >= 4 is 58.9 Å². The number of amides is 10. The van der Waals surface area contributed by atoms with E-state index in [9.17, 15) is 38.4 Å². The largest absolute Gasteiger partial charge is 0.343 e. The highest BCUT2D eigenvalue weighted by Crippen LogP contribution is 2.34. The molecule has 8 N–H and O–H groups in total. The summed E-state index contributed by atoms with van der Waals surface area (Å²) in [6.07, 6.45) is 4.21. The van der Waals surface area contributed by atoms with Gasteiger partial charge in [-0.2, -0.15) is 0 Å². The topological polar surface area (TPSA) is 246 Å². The van der Waals surface area contributed by atoms with E-state index in [4.69, 9.17) is 0 Å². The van der Waals surface area contributed by atoms with E-state index in [1.165, 1.54) is 0 Å². The molecule has 6 aromatic carbocycles. The Morgan fingerprint density at radius 2 is 0.756 bits per heavy atom. The Labute approximate surface area is 526 Å². The molecule has 20 heteroatoms. The van der Waals surface area contributed by atoms with Gasteiger partial charge in [-0.3, -0.25) is 28.8 Å². The van der Waals surface area contributed by atoms with Crippen molar-refractivity contribution in [2.75, 3.05) is 50.9 Å². The summed E-state index contributed by atoms with van der Waals surface area (Å²) in [5.41, 5.74) is 6.78. The number of fused-ring (bicyclic) bond motifs is 2. The molecule has 4 aliphatic rings. The number of hydrogen-bond donors (Lipinski definition) is 8. The minimum absolute atomic E-state index is 0.104. The summed E-state index contributed by atoms with van der Waals surface area (Å²) in [5, 5.41) is 24.1. The first-order chi connectivity index (χ1) is 43.7. The van der Waals surface area contributed by atoms with Crippen LogP contribution < -0.4 is 42.5 Å². The van der Waals surface area contributed by atoms with E-state index in [0.29, 0.717) is 62.7 Å². The second-order valence-corrected chi connectivity index (χ2v) is 23.9. The van der Waals surface area contributed by atoms with Gasteiger partial charge in [0, 0.05) is 36.5 Å². The maximum atomic E-state index is 14.7. The van der Waals surface area contributed by atoms with E-state index in [2.05, 4.69) is 42.5 Å². The van der Waals surface area contributed by atoms with Crippen LogP contribution in [-0.2, 0) is 41.6 Å². The fourth-order valence-electron chi connectivity index (χ4n) is 12.7. The van der Waals surface area contributed by atoms with E-state index >= 15 is 0 Å². The average molecular weight is 1220 g/mol. The van der Waals surface area contributed by atoms with Crippen LogP contribution in [0, 0.1) is 0 Å². The van der Waals surface area contributed by atoms with Gasteiger partial charge in [0.05, 0.1) is 37.3 Å². The van der Waals surface area contributed by atoms with E-state index in [0.717, 1.165) is 33.4 Å². The third-order valence-corrected chi connectivity index (χ3v) is 18.1. The lowest BCUT2D eigenvalue weighted by molar-refractivity contribution is -0.144. The van der Waals surface area contributed by atoms with Crippen LogP contribution in [0.5, 0.6) is 0 Å². The molecule has 0 radical (unpaired) electrons. The Balaban J connectivity index is 0.738. The van der Waals surface area contributed by atoms with E-state index < -0.39 is 84.0 Å². The Morgan fingerprint density at radius 3 is 1.07 bits per heavy atom. The number of nitrogens with zero attached hydrogens (tertiary/aromatic N) is 4. The minimum Gasteiger partial charge on any atom is -0.343 e. The molecule has 0 spiro atoms. The van der Waals surface area contributed by atoms with E-state index in [1.54, 1.807) is 47.5 Å². The second-order valence-electron chi connectivity index (χ2n) is 23.9. The second kappa shape index (κ2) is 29.7. The maximum absolute atomic E-state index is 14.7. The first-order valence-electron chi connectivity index (χ1n) is 31.4. The number of benzene rings is 6. The molecule has 0 unspecified atom stereocenters. The summed E-state index contributed by atoms with van der Waals surface area (Å²) in [7, 11) is 3.30. The van der Waals surface area contributed by atoms with Gasteiger partial charge < -0.3 is 62.1 Å². The zero-order valence-electron chi connectivity index (χ0n) is 51.5. The number of carbonyl (C=O) groups excluding carboxylic acids is 8. The number of urea groups is 2. The van der Waals surface area contributed by atoms with E-state index in [1.807, 2.05) is 170 Å². The summed E-state index contributed by atoms with van der Waals surface area (Å²) >= 11 is 0. The lowest BCUT2D eigenvalue weighted by atomic mass is 9.98. The standard InChI is InChI=1S/C70H82N12O8/c1-45(71-3)63(83)75-57-43-79(41-39-55-35-37-59(81(55)67(57)87)65(85)77-61(49-17-9-5-10-18-49)50-19-11-6-12-20-50)69(89)73-53-31-27-47(28-32-53)25-26-48-29-33-54(34-30-48)74-70(90)80-42-40-56-36-38-60(82(56)68(88)58(44-80)76-64(84)46(2)72-4)66(86)78-62(51-21-13-7-14-22-51)52-23-15-8-16-24-52/h5-24,27-34,45-46,55-62,71-72H,25-26,35-44H2,1-4H3,(H,73,89)(H,74,90)(H,75,83)(H,76,84)(H,77,85)(H,78,86)/t45-,46-,55+,56+,57-,58-,59-,60-/m0/s1. The molecule has 20 nitrogen and oxygen atoms in total. The van der Waals surface area contributed by atoms with Crippen LogP contribution in [0.3, 0.4) is 0 Å². The van der Waals surface area contributed by atoms with Gasteiger partial charge in [0.1, 0.15) is 24.2 Å². The van der Waals surface area contributed by atoms with Crippen molar-refractivity contribution in [3.05, 3.63) is 203 Å². The number of rotatable bonds is 19. The third kappa shape index (κ3) is 15.3. The Bertz CT molecular complexity index is 3150. The molecule has 0 aromatic heterocycles. The number of anilines is 2. The van der Waals surface area contributed by atoms with Gasteiger partial charge in [-0.25, -0.2) is 9.59 Å². The molecule has 10 amide bonds. The van der Waals surface area contributed by atoms with Crippen molar-refractivity contribution in [1.82, 2.24) is 51.5 Å². The number of hydrogen-bond acceptors (Lipinski definition) is 10. The molecule has 4 heterocycles. The van der Waals surface area contributed by atoms with Gasteiger partial charge in [-0.05, 0) is 137 Å². The molecular weight excluding hydrogens is 1140 g/mol. The molecule has 6 aromatic rings. The predicted molar refractivity (Wildman–Crippen MR) is 345 cm³/mol. The van der Waals surface area contributed by atoms with Gasteiger partial charge in [0.25, 0.3) is 0 Å². The molecule has 470 valence electrons. The zero-order chi connectivity index (χ0) is 63.3. The highest BCUT2D eigenvalue weighted by molar-refractivity contribution is 5.97. The summed E-state index contributed by atoms with van der Waals surface area (Å²) in [4.78, 5) is 120. The van der Waals surface area contributed by atoms with Crippen molar-refractivity contribution in [3.8, 4) is 0 Å². The first kappa shape index (κ1) is 63.6. The molecule has 4 fully saturated rings. The van der Waals surface area contributed by atoms with Crippen LogP contribution in [0.1, 0.15) is 97.8 Å². The van der Waals surface area contributed by atoms with Crippen molar-refractivity contribution in [3.63, 3.8) is 0 Å². The van der Waals surface area contributed by atoms with Gasteiger partial charge in [-0.1, -0.05) is 146 Å². The van der Waals surface area contributed by atoms with Gasteiger partial charge in [-0.15, -0.1) is 0 Å². The Hall–Kier alpha value is -9.40. The number of nitrogens with one attached hydrogen (secondary N) is 8. The van der Waals surface area contributed by atoms with Crippen molar-refractivity contribution < 1.29 is 38.4 Å². The summed E-state index contributed by atoms with van der Waals surface area (Å²) in [6, 6.07) is 46.4. The normalized spacial score (nSPS) is 20.7. The molecule has 0 aliphatic carbocycles. The number of aryl methyl sites for hydroxylation is 2. The van der Waals surface area contributed by atoms with E-state index in [-0.39, 0.29) is 50.1 Å². The number of likely N-dealkylation sites (N-methyl/N-ethyl adjacent to an activating group) is 2. The van der Waals surface area contributed by atoms with Crippen LogP contribution in [0.4, 0.5) is 21.0 Å². The Morgan fingerprint density at radius 1 is 0.433 bits per heavy atom. The van der Waals surface area contributed by atoms with Gasteiger partial charge >= 0.3 is 12.1 Å². The SMILES string of the molecule is CN[C@@H](C)C(=O)N[C@H]1CN(C(=O)Nc2ccc(CCc3ccc(NC(=O)N4CC[C@H]5CC[C@@H](C(=O)NC(c6ccccc6)c6ccccc6)N5C(=O)[C@@H](NC(=O)[C@H](C)NC)C4)cc3)cc2)CC[C@H]2CC[C@@H](C(=O)NC(c3ccccc3)c3ccccc3)N2C1=O. The smallest absolute Gasteiger partial charge is 0.321 e. The van der Waals surface area contributed by atoms with Crippen LogP contribution in [0.25, 0.3) is 0 Å². The molecule has 4 saturated heterocycles. The third-order valence-electron chi connectivity index (χ3n) is 18.1. The molecular formula is C70H82N12O8. The predicted octanol–water partition coefficient (Wildman–Crippen LogP) is 6.66. The highest BCUT2D eigenvalue weighted by Gasteiger charge is 2.48. The highest BCUT2D eigenvalue weighted by atomic mass is 16.2. The molecule has 8 atom stereocenters. The lowest BCUT2D eigenvalue weighted by Crippen LogP contribution is -2.62. The summed E-state index contributed by atoms with van der Waals surface area (Å²) < 4.78 is 0. The molecule has 90 heavy (non-hydrogen) atoms. The summed E-state index contributed by atoms with van der Waals surface area (Å²) in [6.45, 7) is 3.73. The first-order valence-corrected chi connectivity index (χ1v) is 31.4. The van der Waals surface area contributed by atoms with Crippen molar-refractivity contribution in [2.45, 2.75) is 126 Å². The Kier molecular flexibility index (Phi) is 21.0. The van der Waals surface area contributed by atoms with Crippen LogP contribution in [0.15, 0.2) is 170 Å². The van der Waals surface area contributed by atoms with Crippen molar-refractivity contribution in [1.29, 1.82) is 0 Å². The van der Waals surface area contributed by atoms with Crippen molar-refractivity contribution in [2.24, 2.45) is 0 Å². The monoisotopic (exact) mass is 1220 g/mol. The lowest BCUT2D eigenvalue weighted by Gasteiger charge is -2.39. The maximum Gasteiger partial charge on any atom is 0.321 e. The van der Waals surface area contributed by atoms with Crippen LogP contribution >= 0.6 is 0 Å². The van der Waals surface area contributed by atoms with Crippen LogP contribution in [-0.4, -0.2) is 156 Å². The summed E-state index contributed by atoms with van der Waals surface area (Å²) in [5.74, 6) is -2.21. The quantitative estimate of drug-likeness (QED) is 0.0429. The fourth-order valence-corrected chi connectivity index (χ4v) is 12.7. The molecule has 0 saturated carbocycles. The zero-order valence-corrected chi connectivity index (χ0v) is 51.5. The molecule has 10 rings (SSSR count). The molecule has 4 aliphatic heterocycles. The van der Waals surface area contributed by atoms with Gasteiger partial charge in [0.15, 0.2) is 0 Å². The fraction of sp³-hybridized carbons (Fsp3) is 0.371. The number of carbonyl (C=O) groups is 8. The minimum atomic E-state index is -1.12. The average Bonchev–Trinajstić information content (AvgIpc) is 1.68.